The van der Waals surface area contributed by atoms with Gasteiger partial charge in [-0.25, -0.2) is 0 Å². The van der Waals surface area contributed by atoms with Crippen molar-refractivity contribution in [2.45, 2.75) is 5.03 Å². The van der Waals surface area contributed by atoms with Crippen molar-refractivity contribution in [3.63, 3.8) is 0 Å². The topological polar surface area (TPSA) is 84.8 Å². The number of carbonyl (C=O) groups excluding carboxylic acids is 1. The Kier molecular flexibility index (Phi) is 4.52. The normalized spacial score (nSPS) is 10.9. The Morgan fingerprint density at radius 3 is 3.04 bits per heavy atom. The van der Waals surface area contributed by atoms with E-state index < -0.39 is 0 Å². The third kappa shape index (κ3) is 3.31. The van der Waals surface area contributed by atoms with Crippen LogP contribution in [0.15, 0.2) is 35.5 Å². The Morgan fingerprint density at radius 2 is 2.30 bits per heavy atom. The average molecular weight is 331 g/mol. The Hall–Kier alpha value is -2.48. The molecule has 120 valence electrons. The van der Waals surface area contributed by atoms with Gasteiger partial charge in [-0.05, 0) is 24.3 Å². The maximum Gasteiger partial charge on any atom is 0.267 e. The van der Waals surface area contributed by atoms with Gasteiger partial charge >= 0.3 is 0 Å². The number of nitrogens with one attached hydrogen (secondary N) is 2. The van der Waals surface area contributed by atoms with Crippen LogP contribution in [-0.2, 0) is 7.05 Å². The van der Waals surface area contributed by atoms with E-state index in [0.717, 1.165) is 27.4 Å². The van der Waals surface area contributed by atoms with Gasteiger partial charge in [0.1, 0.15) is 16.5 Å². The van der Waals surface area contributed by atoms with Crippen LogP contribution in [0.1, 0.15) is 10.5 Å². The van der Waals surface area contributed by atoms with E-state index in [9.17, 15) is 4.79 Å². The van der Waals surface area contributed by atoms with Crippen molar-refractivity contribution in [2.75, 3.05) is 19.4 Å². The fourth-order valence-electron chi connectivity index (χ4n) is 2.34. The van der Waals surface area contributed by atoms with E-state index in [2.05, 4.69) is 20.7 Å². The summed E-state index contributed by atoms with van der Waals surface area (Å²) in [5.41, 5.74) is 1.62. The average Bonchev–Trinajstić information content (AvgIpc) is 3.19. The summed E-state index contributed by atoms with van der Waals surface area (Å²) >= 11 is 1.54. The molecule has 2 heterocycles. The lowest BCUT2D eigenvalue weighted by Crippen LogP contribution is -2.27. The van der Waals surface area contributed by atoms with Crippen LogP contribution in [0.25, 0.3) is 10.9 Å². The minimum Gasteiger partial charge on any atom is -0.497 e. The number of hydrogen-bond donors (Lipinski definition) is 2. The van der Waals surface area contributed by atoms with Crippen molar-refractivity contribution >= 4 is 28.6 Å². The van der Waals surface area contributed by atoms with E-state index in [1.54, 1.807) is 13.3 Å². The number of benzene rings is 1. The second kappa shape index (κ2) is 6.74. The fourth-order valence-corrected chi connectivity index (χ4v) is 2.99. The van der Waals surface area contributed by atoms with Gasteiger partial charge in [-0.3, -0.25) is 4.79 Å². The highest BCUT2D eigenvalue weighted by Gasteiger charge is 2.13. The minimum atomic E-state index is -0.0941. The number of hydrogen-bond acceptors (Lipinski definition) is 5. The molecule has 0 atom stereocenters. The largest absolute Gasteiger partial charge is 0.497 e. The van der Waals surface area contributed by atoms with Gasteiger partial charge in [-0.15, -0.1) is 16.9 Å². The van der Waals surface area contributed by atoms with Crippen LogP contribution in [-0.4, -0.2) is 45.3 Å². The molecule has 2 aromatic heterocycles. The molecule has 0 unspecified atom stereocenters. The first-order valence-electron chi connectivity index (χ1n) is 7.09. The summed E-state index contributed by atoms with van der Waals surface area (Å²) in [6.07, 6.45) is 1.66. The monoisotopic (exact) mass is 331 g/mol. The number of aromatic amines is 1. The smallest absolute Gasteiger partial charge is 0.267 e. The molecule has 0 saturated heterocycles. The van der Waals surface area contributed by atoms with Gasteiger partial charge in [0.2, 0.25) is 0 Å². The Balaban J connectivity index is 1.64. The van der Waals surface area contributed by atoms with Crippen LogP contribution in [0.2, 0.25) is 0 Å². The van der Waals surface area contributed by atoms with Crippen LogP contribution in [0, 0.1) is 0 Å². The second-order valence-corrected chi connectivity index (χ2v) is 6.04. The number of thioether (sulfide) groups is 1. The Morgan fingerprint density at radius 1 is 1.43 bits per heavy atom. The van der Waals surface area contributed by atoms with Gasteiger partial charge in [0.05, 0.1) is 13.3 Å². The summed E-state index contributed by atoms with van der Waals surface area (Å²) in [6.45, 7) is 0.557. The molecule has 0 aliphatic heterocycles. The van der Waals surface area contributed by atoms with Crippen LogP contribution < -0.4 is 10.1 Å². The zero-order valence-corrected chi connectivity index (χ0v) is 13.7. The molecule has 7 nitrogen and oxygen atoms in total. The van der Waals surface area contributed by atoms with Gasteiger partial charge in [-0.2, -0.15) is 10.3 Å². The quantitative estimate of drug-likeness (QED) is 0.532. The van der Waals surface area contributed by atoms with E-state index in [1.807, 2.05) is 35.9 Å². The highest BCUT2D eigenvalue weighted by molar-refractivity contribution is 7.99. The summed E-state index contributed by atoms with van der Waals surface area (Å²) in [7, 11) is 3.51. The lowest BCUT2D eigenvalue weighted by molar-refractivity contribution is 0.0948. The molecule has 0 aliphatic rings. The number of H-pyrrole nitrogens is 1. The van der Waals surface area contributed by atoms with Gasteiger partial charge < -0.3 is 14.6 Å². The number of carbonyl (C=O) groups is 1. The van der Waals surface area contributed by atoms with E-state index in [1.165, 1.54) is 11.8 Å². The lowest BCUT2D eigenvalue weighted by atomic mass is 10.2. The SMILES string of the molecule is COc1ccc2c(c1)cc(C(=O)NCCSc1cn[nH]n1)n2C. The zero-order valence-electron chi connectivity index (χ0n) is 12.9. The molecule has 8 heteroatoms. The predicted molar refractivity (Wildman–Crippen MR) is 88.9 cm³/mol. The number of methoxy groups -OCH3 is 1. The van der Waals surface area contributed by atoms with Gasteiger partial charge in [0, 0.05) is 30.2 Å². The lowest BCUT2D eigenvalue weighted by Gasteiger charge is -2.06. The molecular formula is C15H17N5O2S. The van der Waals surface area contributed by atoms with Crippen molar-refractivity contribution in [3.8, 4) is 5.75 Å². The molecular weight excluding hydrogens is 314 g/mol. The number of amides is 1. The third-order valence-corrected chi connectivity index (χ3v) is 4.41. The zero-order chi connectivity index (χ0) is 16.2. The van der Waals surface area contributed by atoms with Crippen molar-refractivity contribution in [2.24, 2.45) is 7.05 Å². The highest BCUT2D eigenvalue weighted by atomic mass is 32.2. The summed E-state index contributed by atoms with van der Waals surface area (Å²) in [4.78, 5) is 12.3. The molecule has 1 amide bonds. The van der Waals surface area contributed by atoms with Crippen molar-refractivity contribution < 1.29 is 9.53 Å². The molecule has 0 saturated carbocycles. The van der Waals surface area contributed by atoms with Crippen LogP contribution >= 0.6 is 11.8 Å². The number of fused-ring (bicyclic) bond motifs is 1. The predicted octanol–water partition coefficient (Wildman–Crippen LogP) is 1.83. The van der Waals surface area contributed by atoms with E-state index in [-0.39, 0.29) is 5.91 Å². The van der Waals surface area contributed by atoms with Crippen LogP contribution in [0.3, 0.4) is 0 Å². The van der Waals surface area contributed by atoms with Gasteiger partial charge in [-0.1, -0.05) is 0 Å². The van der Waals surface area contributed by atoms with E-state index in [4.69, 9.17) is 4.74 Å². The Labute approximate surface area is 137 Å². The first kappa shape index (κ1) is 15.4. The van der Waals surface area contributed by atoms with Crippen molar-refractivity contribution in [1.29, 1.82) is 0 Å². The fraction of sp³-hybridized carbons (Fsp3) is 0.267. The minimum absolute atomic E-state index is 0.0941. The second-order valence-electron chi connectivity index (χ2n) is 4.93. The van der Waals surface area contributed by atoms with Gasteiger partial charge in [0.15, 0.2) is 0 Å². The first-order chi connectivity index (χ1) is 11.2. The molecule has 2 N–H and O–H groups in total. The summed E-state index contributed by atoms with van der Waals surface area (Å²) in [5, 5.41) is 15.0. The number of aryl methyl sites for hydroxylation is 1. The number of aromatic nitrogens is 4. The molecule has 0 radical (unpaired) electrons. The standard InChI is InChI=1S/C15H17N5O2S/c1-20-12-4-3-11(22-2)7-10(12)8-13(20)15(21)16-5-6-23-14-9-17-19-18-14/h3-4,7-9H,5-6H2,1-2H3,(H,16,21)(H,17,18,19). The van der Waals surface area contributed by atoms with E-state index >= 15 is 0 Å². The number of rotatable bonds is 6. The van der Waals surface area contributed by atoms with Crippen LogP contribution in [0.5, 0.6) is 5.75 Å². The number of nitrogens with zero attached hydrogens (tertiary/aromatic N) is 3. The molecule has 0 spiro atoms. The molecule has 0 fully saturated rings. The molecule has 3 rings (SSSR count). The Bertz CT molecular complexity index is 813. The number of ether oxygens (including phenoxy) is 1. The van der Waals surface area contributed by atoms with Crippen molar-refractivity contribution in [3.05, 3.63) is 36.2 Å². The van der Waals surface area contributed by atoms with Crippen LogP contribution in [0.4, 0.5) is 0 Å². The third-order valence-electron chi connectivity index (χ3n) is 3.51. The maximum atomic E-state index is 12.3. The summed E-state index contributed by atoms with van der Waals surface area (Å²) in [6, 6.07) is 7.63. The summed E-state index contributed by atoms with van der Waals surface area (Å²) in [5.74, 6) is 1.42. The molecule has 1 aromatic carbocycles. The molecule has 23 heavy (non-hydrogen) atoms. The van der Waals surface area contributed by atoms with Crippen molar-refractivity contribution in [1.82, 2.24) is 25.3 Å². The summed E-state index contributed by atoms with van der Waals surface area (Å²) < 4.78 is 7.10. The van der Waals surface area contributed by atoms with E-state index in [0.29, 0.717) is 12.2 Å². The maximum absolute atomic E-state index is 12.3. The van der Waals surface area contributed by atoms with Gasteiger partial charge in [0.25, 0.3) is 5.91 Å². The molecule has 0 aliphatic carbocycles. The first-order valence-corrected chi connectivity index (χ1v) is 8.08. The molecule has 0 bridgehead atoms. The highest BCUT2D eigenvalue weighted by Crippen LogP contribution is 2.23. The molecule has 3 aromatic rings.